The number of carbonyl (C=O) groups is 2. The molecule has 226 valence electrons. The predicted octanol–water partition coefficient (Wildman–Crippen LogP) is 5.09. The summed E-state index contributed by atoms with van der Waals surface area (Å²) in [5.41, 5.74) is 3.82. The smallest absolute Gasteiger partial charge is 0.410 e. The van der Waals surface area contributed by atoms with Crippen LogP contribution in [0.4, 0.5) is 18.0 Å². The first-order chi connectivity index (χ1) is 19.6. The van der Waals surface area contributed by atoms with Crippen molar-refractivity contribution in [2.24, 2.45) is 22.6 Å². The summed E-state index contributed by atoms with van der Waals surface area (Å²) < 4.78 is 49.6. The molecule has 2 fully saturated rings. The zero-order chi connectivity index (χ0) is 30.9. The highest BCUT2D eigenvalue weighted by Gasteiger charge is 2.61. The molecule has 2 unspecified atom stereocenters. The Morgan fingerprint density at radius 2 is 1.55 bits per heavy atom. The van der Waals surface area contributed by atoms with Crippen molar-refractivity contribution in [3.05, 3.63) is 83.1 Å². The number of carbonyl (C=O) groups excluding carboxylic acids is 2. The van der Waals surface area contributed by atoms with E-state index < -0.39 is 52.8 Å². The van der Waals surface area contributed by atoms with Gasteiger partial charge in [-0.05, 0) is 51.7 Å². The molecule has 4 N–H and O–H groups in total. The van der Waals surface area contributed by atoms with Gasteiger partial charge in [0.25, 0.3) is 5.91 Å². The second kappa shape index (κ2) is 11.8. The Bertz CT molecular complexity index is 1300. The van der Waals surface area contributed by atoms with E-state index in [1.165, 1.54) is 4.90 Å². The number of hydrogen-bond acceptors (Lipinski definition) is 6. The summed E-state index contributed by atoms with van der Waals surface area (Å²) in [4.78, 5) is 31.7. The summed E-state index contributed by atoms with van der Waals surface area (Å²) in [6.07, 6.45) is -5.00. The topological polar surface area (TPSA) is 117 Å². The first-order valence-corrected chi connectivity index (χ1v) is 13.9. The first kappa shape index (κ1) is 31.1. The average molecular weight is 587 g/mol. The highest BCUT2D eigenvalue weighted by molar-refractivity contribution is 6.14. The number of hydrogen-bond donors (Lipinski definition) is 3. The number of piperidine rings is 2. The number of aliphatic hydroxyl groups is 1. The molecule has 0 aromatic heterocycles. The molecular formula is C31H37F3N4O4. The summed E-state index contributed by atoms with van der Waals surface area (Å²) in [5.74, 6) is -4.74. The molecule has 8 nitrogen and oxygen atoms in total. The second-order valence-corrected chi connectivity index (χ2v) is 11.9. The summed E-state index contributed by atoms with van der Waals surface area (Å²) in [5, 5.41) is 13.4. The molecule has 2 amide bonds. The van der Waals surface area contributed by atoms with Gasteiger partial charge in [0, 0.05) is 30.3 Å². The standard InChI is InChI=1S/C31H37F3N4O4/c1-29(2,3)42-28(40)38-17-15-19(16-18-38)23(35)22-25(31(32,33)34)30(4,41)27(39)37-26(22)36-24(20-11-7-5-8-12-20)21-13-9-6-10-14-21/h5-14,19,24-25,41H,15-18,35H2,1-4H3,(H,36,37,39). The third-order valence-corrected chi connectivity index (χ3v) is 7.51. The number of nitrogens with two attached hydrogens (primary N) is 1. The maximum absolute atomic E-state index is 14.7. The van der Waals surface area contributed by atoms with Crippen LogP contribution in [0.5, 0.6) is 0 Å². The molecule has 0 saturated carbocycles. The average Bonchev–Trinajstić information content (AvgIpc) is 2.92. The number of rotatable bonds is 4. The van der Waals surface area contributed by atoms with Gasteiger partial charge in [0.1, 0.15) is 23.4 Å². The number of alkyl halides is 3. The third kappa shape index (κ3) is 6.78. The Hall–Kier alpha value is -3.86. The SMILES string of the molecule is CC(C)(C)OC(=O)N1CCC(C(N)=C2C(=NC(c3ccccc3)c3ccccc3)NC(=O)C(C)(O)C2C(F)(F)F)CC1. The Morgan fingerprint density at radius 1 is 1.05 bits per heavy atom. The number of nitrogens with zero attached hydrogens (tertiary/aromatic N) is 2. The van der Waals surface area contributed by atoms with Crippen LogP contribution >= 0.6 is 0 Å². The summed E-state index contributed by atoms with van der Waals surface area (Å²) >= 11 is 0. The van der Waals surface area contributed by atoms with E-state index in [4.69, 9.17) is 10.5 Å². The molecule has 0 bridgehead atoms. The van der Waals surface area contributed by atoms with Crippen molar-refractivity contribution in [2.75, 3.05) is 13.1 Å². The highest BCUT2D eigenvalue weighted by Crippen LogP contribution is 2.45. The van der Waals surface area contributed by atoms with Crippen molar-refractivity contribution in [3.63, 3.8) is 0 Å². The minimum atomic E-state index is -5.02. The van der Waals surface area contributed by atoms with E-state index in [2.05, 4.69) is 10.3 Å². The number of halogens is 3. The van der Waals surface area contributed by atoms with Crippen molar-refractivity contribution in [3.8, 4) is 0 Å². The molecule has 11 heteroatoms. The Morgan fingerprint density at radius 3 is 2.00 bits per heavy atom. The fourth-order valence-corrected chi connectivity index (χ4v) is 5.40. The van der Waals surface area contributed by atoms with Gasteiger partial charge < -0.3 is 25.8 Å². The number of likely N-dealkylation sites (tertiary alicyclic amines) is 1. The van der Waals surface area contributed by atoms with Crippen LogP contribution in [0.2, 0.25) is 0 Å². The molecule has 2 heterocycles. The molecule has 2 aromatic rings. The number of nitrogens with one attached hydrogen (secondary N) is 1. The van der Waals surface area contributed by atoms with Crippen molar-refractivity contribution in [1.29, 1.82) is 0 Å². The lowest BCUT2D eigenvalue weighted by molar-refractivity contribution is -0.211. The molecule has 4 rings (SSSR count). The maximum Gasteiger partial charge on any atom is 0.410 e. The monoisotopic (exact) mass is 586 g/mol. The van der Waals surface area contributed by atoms with E-state index in [1.54, 1.807) is 69.3 Å². The zero-order valence-corrected chi connectivity index (χ0v) is 24.1. The molecule has 2 aliphatic heterocycles. The van der Waals surface area contributed by atoms with E-state index in [0.29, 0.717) is 11.1 Å². The van der Waals surface area contributed by atoms with Crippen molar-refractivity contribution in [1.82, 2.24) is 10.2 Å². The normalized spacial score (nSPS) is 24.5. The lowest BCUT2D eigenvalue weighted by atomic mass is 9.75. The van der Waals surface area contributed by atoms with Gasteiger partial charge in [-0.25, -0.2) is 4.79 Å². The van der Waals surface area contributed by atoms with E-state index in [1.807, 2.05) is 12.1 Å². The number of aliphatic imine (C=N–C) groups is 1. The van der Waals surface area contributed by atoms with Gasteiger partial charge in [-0.1, -0.05) is 60.7 Å². The second-order valence-electron chi connectivity index (χ2n) is 11.9. The molecule has 0 radical (unpaired) electrons. The molecule has 0 aliphatic carbocycles. The van der Waals surface area contributed by atoms with E-state index in [-0.39, 0.29) is 37.5 Å². The maximum atomic E-state index is 14.7. The molecule has 2 aliphatic rings. The highest BCUT2D eigenvalue weighted by atomic mass is 19.4. The predicted molar refractivity (Wildman–Crippen MR) is 152 cm³/mol. The van der Waals surface area contributed by atoms with Gasteiger partial charge in [-0.2, -0.15) is 13.2 Å². The van der Waals surface area contributed by atoms with Crippen LogP contribution in [0.15, 0.2) is 76.9 Å². The molecular weight excluding hydrogens is 549 g/mol. The van der Waals surface area contributed by atoms with Crippen LogP contribution < -0.4 is 11.1 Å². The van der Waals surface area contributed by atoms with E-state index in [0.717, 1.165) is 6.92 Å². The van der Waals surface area contributed by atoms with E-state index >= 15 is 0 Å². The summed E-state index contributed by atoms with van der Waals surface area (Å²) in [7, 11) is 0. The van der Waals surface area contributed by atoms with Crippen LogP contribution in [0.25, 0.3) is 0 Å². The summed E-state index contributed by atoms with van der Waals surface area (Å²) in [6, 6.07) is 17.2. The minimum absolute atomic E-state index is 0.125. The van der Waals surface area contributed by atoms with Crippen LogP contribution in [0.1, 0.15) is 57.7 Å². The van der Waals surface area contributed by atoms with Gasteiger partial charge in [-0.3, -0.25) is 9.79 Å². The van der Waals surface area contributed by atoms with Gasteiger partial charge >= 0.3 is 12.3 Å². The zero-order valence-electron chi connectivity index (χ0n) is 24.1. The van der Waals surface area contributed by atoms with Gasteiger partial charge in [0.15, 0.2) is 5.60 Å². The van der Waals surface area contributed by atoms with Crippen LogP contribution in [0, 0.1) is 11.8 Å². The van der Waals surface area contributed by atoms with Crippen LogP contribution in [0.3, 0.4) is 0 Å². The Balaban J connectivity index is 1.81. The Labute approximate surface area is 243 Å². The molecule has 2 aromatic carbocycles. The third-order valence-electron chi connectivity index (χ3n) is 7.51. The number of allylic oxidation sites excluding steroid dienone is 1. The van der Waals surface area contributed by atoms with Crippen LogP contribution in [-0.2, 0) is 9.53 Å². The van der Waals surface area contributed by atoms with E-state index in [9.17, 15) is 27.9 Å². The number of benzene rings is 2. The molecule has 2 atom stereocenters. The lowest BCUT2D eigenvalue weighted by Gasteiger charge is -2.42. The first-order valence-electron chi connectivity index (χ1n) is 13.9. The lowest BCUT2D eigenvalue weighted by Crippen LogP contribution is -2.63. The van der Waals surface area contributed by atoms with Gasteiger partial charge in [-0.15, -0.1) is 0 Å². The summed E-state index contributed by atoms with van der Waals surface area (Å²) in [6.45, 7) is 6.52. The van der Waals surface area contributed by atoms with Gasteiger partial charge in [0.2, 0.25) is 0 Å². The molecule has 0 spiro atoms. The Kier molecular flexibility index (Phi) is 8.73. The van der Waals surface area contributed by atoms with Crippen molar-refractivity contribution >= 4 is 17.8 Å². The number of amidine groups is 1. The quantitative estimate of drug-likeness (QED) is 0.461. The number of ether oxygens (including phenoxy) is 1. The fraction of sp³-hybridized carbons (Fsp3) is 0.452. The van der Waals surface area contributed by atoms with Crippen molar-refractivity contribution in [2.45, 2.75) is 64.0 Å². The fourth-order valence-electron chi connectivity index (χ4n) is 5.40. The largest absolute Gasteiger partial charge is 0.444 e. The van der Waals surface area contributed by atoms with Crippen LogP contribution in [-0.4, -0.2) is 58.3 Å². The van der Waals surface area contributed by atoms with Gasteiger partial charge in [0.05, 0.1) is 0 Å². The van der Waals surface area contributed by atoms with Crippen molar-refractivity contribution < 1.29 is 32.6 Å². The molecule has 2 saturated heterocycles. The minimum Gasteiger partial charge on any atom is -0.444 e. The molecule has 42 heavy (non-hydrogen) atoms. The number of amides is 2.